The molecule has 1 nitrogen and oxygen atoms in total. The van der Waals surface area contributed by atoms with E-state index in [-0.39, 0.29) is 0 Å². The summed E-state index contributed by atoms with van der Waals surface area (Å²) in [5.74, 6) is 0. The molecule has 0 atom stereocenters. The summed E-state index contributed by atoms with van der Waals surface area (Å²) in [6.07, 6.45) is 7.15. The van der Waals surface area contributed by atoms with Gasteiger partial charge in [0.1, 0.15) is 0 Å². The van der Waals surface area contributed by atoms with Crippen LogP contribution >= 0.6 is 0 Å². The number of benzene rings is 2. The maximum Gasteiger partial charge on any atom is 0.0651 e. The van der Waals surface area contributed by atoms with Crippen LogP contribution in [-0.4, -0.2) is 10.7 Å². The molecule has 0 radical (unpaired) electrons. The minimum Gasteiger partial charge on any atom is -0.390 e. The molecule has 1 N–H and O–H groups in total. The summed E-state index contributed by atoms with van der Waals surface area (Å²) in [7, 11) is 0. The lowest BCUT2D eigenvalue weighted by atomic mass is 9.79. The second-order valence-electron chi connectivity index (χ2n) is 7.25. The Labute approximate surface area is 146 Å². The molecular formula is C23H28O. The quantitative estimate of drug-likeness (QED) is 0.700. The Morgan fingerprint density at radius 1 is 1.00 bits per heavy atom. The van der Waals surface area contributed by atoms with Gasteiger partial charge in [0.2, 0.25) is 0 Å². The van der Waals surface area contributed by atoms with E-state index in [1.807, 2.05) is 6.07 Å². The highest BCUT2D eigenvalue weighted by Gasteiger charge is 2.29. The summed E-state index contributed by atoms with van der Waals surface area (Å²) in [5.41, 5.74) is 5.66. The highest BCUT2D eigenvalue weighted by atomic mass is 16.3. The molecule has 1 aliphatic carbocycles. The van der Waals surface area contributed by atoms with Gasteiger partial charge < -0.3 is 5.11 Å². The molecule has 0 aliphatic heterocycles. The fraction of sp³-hybridized carbons (Fsp3) is 0.391. The third-order valence-electron chi connectivity index (χ3n) is 5.39. The Bertz CT molecular complexity index is 693. The molecule has 1 heteroatoms. The smallest absolute Gasteiger partial charge is 0.0651 e. The molecule has 2 aromatic rings. The van der Waals surface area contributed by atoms with Crippen LogP contribution in [0.4, 0.5) is 0 Å². The minimum absolute atomic E-state index is 0.475. The highest BCUT2D eigenvalue weighted by molar-refractivity contribution is 5.82. The van der Waals surface area contributed by atoms with Crippen LogP contribution in [0.15, 0.2) is 55.1 Å². The SMILES string of the molecule is C=C(CCC1(O)CCCCC1)c1c(C)cccc1-c1ccccc1. The molecule has 1 saturated carbocycles. The Morgan fingerprint density at radius 2 is 1.71 bits per heavy atom. The van der Waals surface area contributed by atoms with Crippen molar-refractivity contribution >= 4 is 5.57 Å². The number of rotatable bonds is 5. The number of hydrogen-bond acceptors (Lipinski definition) is 1. The minimum atomic E-state index is -0.475. The van der Waals surface area contributed by atoms with Gasteiger partial charge in [0.15, 0.2) is 0 Å². The predicted octanol–water partition coefficient (Wildman–Crippen LogP) is 6.15. The van der Waals surface area contributed by atoms with E-state index in [9.17, 15) is 5.11 Å². The van der Waals surface area contributed by atoms with Crippen molar-refractivity contribution in [2.75, 3.05) is 0 Å². The molecule has 0 amide bonds. The van der Waals surface area contributed by atoms with E-state index in [4.69, 9.17) is 0 Å². The summed E-state index contributed by atoms with van der Waals surface area (Å²) in [4.78, 5) is 0. The first-order valence-electron chi connectivity index (χ1n) is 9.15. The fourth-order valence-corrected chi connectivity index (χ4v) is 3.96. The second-order valence-corrected chi connectivity index (χ2v) is 7.25. The predicted molar refractivity (Wildman–Crippen MR) is 103 cm³/mol. The maximum absolute atomic E-state index is 10.8. The van der Waals surface area contributed by atoms with E-state index < -0.39 is 5.60 Å². The summed E-state index contributed by atoms with van der Waals surface area (Å²) >= 11 is 0. The summed E-state index contributed by atoms with van der Waals surface area (Å²) < 4.78 is 0. The first-order chi connectivity index (χ1) is 11.6. The van der Waals surface area contributed by atoms with E-state index in [1.54, 1.807) is 0 Å². The van der Waals surface area contributed by atoms with Gasteiger partial charge in [-0.05, 0) is 60.4 Å². The molecule has 0 heterocycles. The van der Waals surface area contributed by atoms with E-state index in [1.165, 1.54) is 28.7 Å². The van der Waals surface area contributed by atoms with Gasteiger partial charge in [-0.1, -0.05) is 74.4 Å². The average Bonchev–Trinajstić information content (AvgIpc) is 2.61. The Hall–Kier alpha value is -1.86. The van der Waals surface area contributed by atoms with Crippen LogP contribution in [0.1, 0.15) is 56.1 Å². The van der Waals surface area contributed by atoms with Crippen LogP contribution in [-0.2, 0) is 0 Å². The fourth-order valence-electron chi connectivity index (χ4n) is 3.96. The molecule has 24 heavy (non-hydrogen) atoms. The normalized spacial score (nSPS) is 16.8. The van der Waals surface area contributed by atoms with E-state index in [2.05, 4.69) is 56.0 Å². The molecule has 0 spiro atoms. The zero-order chi connectivity index (χ0) is 17.0. The topological polar surface area (TPSA) is 20.2 Å². The van der Waals surface area contributed by atoms with Crippen molar-refractivity contribution in [3.8, 4) is 11.1 Å². The number of aryl methyl sites for hydroxylation is 1. The lowest BCUT2D eigenvalue weighted by molar-refractivity contribution is -0.00234. The first kappa shape index (κ1) is 17.0. The zero-order valence-electron chi connectivity index (χ0n) is 14.7. The molecule has 1 fully saturated rings. The van der Waals surface area contributed by atoms with Gasteiger partial charge in [-0.3, -0.25) is 0 Å². The molecule has 1 aliphatic rings. The Balaban J connectivity index is 1.82. The molecule has 0 bridgehead atoms. The summed E-state index contributed by atoms with van der Waals surface area (Å²) in [5, 5.41) is 10.8. The van der Waals surface area contributed by atoms with Crippen molar-refractivity contribution in [2.45, 2.75) is 57.5 Å². The van der Waals surface area contributed by atoms with Crippen LogP contribution < -0.4 is 0 Å². The Morgan fingerprint density at radius 3 is 2.42 bits per heavy atom. The van der Waals surface area contributed by atoms with Crippen molar-refractivity contribution in [1.29, 1.82) is 0 Å². The molecule has 3 rings (SSSR count). The number of allylic oxidation sites excluding steroid dienone is 1. The van der Waals surface area contributed by atoms with Gasteiger partial charge in [0.05, 0.1) is 5.60 Å². The van der Waals surface area contributed by atoms with Crippen molar-refractivity contribution in [1.82, 2.24) is 0 Å². The van der Waals surface area contributed by atoms with Crippen LogP contribution in [0.2, 0.25) is 0 Å². The summed E-state index contributed by atoms with van der Waals surface area (Å²) in [6, 6.07) is 17.0. The van der Waals surface area contributed by atoms with Crippen molar-refractivity contribution in [3.63, 3.8) is 0 Å². The van der Waals surface area contributed by atoms with Crippen LogP contribution in [0.3, 0.4) is 0 Å². The van der Waals surface area contributed by atoms with Gasteiger partial charge in [-0.25, -0.2) is 0 Å². The monoisotopic (exact) mass is 320 g/mol. The molecule has 0 unspecified atom stereocenters. The lowest BCUT2D eigenvalue weighted by Gasteiger charge is -2.32. The first-order valence-corrected chi connectivity index (χ1v) is 9.15. The average molecular weight is 320 g/mol. The van der Waals surface area contributed by atoms with Crippen LogP contribution in [0, 0.1) is 6.92 Å². The number of aliphatic hydroxyl groups is 1. The van der Waals surface area contributed by atoms with Gasteiger partial charge in [-0.2, -0.15) is 0 Å². The van der Waals surface area contributed by atoms with Gasteiger partial charge in [-0.15, -0.1) is 0 Å². The van der Waals surface area contributed by atoms with E-state index in [0.29, 0.717) is 0 Å². The number of hydrogen-bond donors (Lipinski definition) is 1. The van der Waals surface area contributed by atoms with E-state index in [0.717, 1.165) is 44.1 Å². The molecule has 0 saturated heterocycles. The third-order valence-corrected chi connectivity index (χ3v) is 5.39. The largest absolute Gasteiger partial charge is 0.390 e. The van der Waals surface area contributed by atoms with Crippen molar-refractivity contribution in [2.24, 2.45) is 0 Å². The van der Waals surface area contributed by atoms with Crippen molar-refractivity contribution in [3.05, 3.63) is 66.2 Å². The van der Waals surface area contributed by atoms with Gasteiger partial charge in [0, 0.05) is 0 Å². The summed E-state index contributed by atoms with van der Waals surface area (Å²) in [6.45, 7) is 6.53. The van der Waals surface area contributed by atoms with Gasteiger partial charge in [0.25, 0.3) is 0 Å². The molecule has 0 aromatic heterocycles. The third kappa shape index (κ3) is 3.79. The second kappa shape index (κ2) is 7.36. The molecular weight excluding hydrogens is 292 g/mol. The van der Waals surface area contributed by atoms with Crippen LogP contribution in [0.25, 0.3) is 16.7 Å². The van der Waals surface area contributed by atoms with E-state index >= 15 is 0 Å². The zero-order valence-corrected chi connectivity index (χ0v) is 14.7. The van der Waals surface area contributed by atoms with Crippen LogP contribution in [0.5, 0.6) is 0 Å². The maximum atomic E-state index is 10.8. The van der Waals surface area contributed by atoms with Crippen molar-refractivity contribution < 1.29 is 5.11 Å². The lowest BCUT2D eigenvalue weighted by Crippen LogP contribution is -2.31. The standard InChI is InChI=1S/C23H28O/c1-18-10-9-13-21(20-11-5-3-6-12-20)22(18)19(2)14-17-23(24)15-7-4-8-16-23/h3,5-6,9-13,24H,2,4,7-8,14-17H2,1H3. The molecule has 2 aromatic carbocycles. The Kier molecular flexibility index (Phi) is 5.20. The highest BCUT2D eigenvalue weighted by Crippen LogP contribution is 2.37. The molecule has 126 valence electrons. The van der Waals surface area contributed by atoms with Gasteiger partial charge >= 0.3 is 0 Å².